The molecule has 110 valence electrons. The van der Waals surface area contributed by atoms with E-state index in [1.807, 2.05) is 0 Å². The van der Waals surface area contributed by atoms with Gasteiger partial charge in [0, 0.05) is 12.1 Å². The average molecular weight is 265 g/mol. The van der Waals surface area contributed by atoms with E-state index in [9.17, 15) is 0 Å². The van der Waals surface area contributed by atoms with Crippen LogP contribution in [0.3, 0.4) is 0 Å². The number of ether oxygens (including phenoxy) is 1. The first-order valence-electron chi connectivity index (χ1n) is 7.61. The molecule has 0 aromatic carbocycles. The fourth-order valence-corrected chi connectivity index (χ4v) is 2.93. The second kappa shape index (κ2) is 6.29. The summed E-state index contributed by atoms with van der Waals surface area (Å²) < 4.78 is 6.17. The van der Waals surface area contributed by atoms with E-state index < -0.39 is 0 Å². The van der Waals surface area contributed by atoms with Crippen LogP contribution in [0.4, 0.5) is 0 Å². The Bertz CT molecular complexity index is 340. The lowest BCUT2D eigenvalue weighted by Crippen LogP contribution is -2.43. The summed E-state index contributed by atoms with van der Waals surface area (Å²) in [5, 5.41) is 0. The molecule has 0 radical (unpaired) electrons. The summed E-state index contributed by atoms with van der Waals surface area (Å²) in [6.45, 7) is 16.2. The van der Waals surface area contributed by atoms with Crippen LogP contribution in [0.25, 0.3) is 0 Å². The fraction of sp³-hybridized carbons (Fsp3) is 0.882. The smallest absolute Gasteiger partial charge is 0.126 e. The van der Waals surface area contributed by atoms with Crippen molar-refractivity contribution in [2.24, 2.45) is 0 Å². The van der Waals surface area contributed by atoms with Gasteiger partial charge in [-0.3, -0.25) is 4.90 Å². The maximum atomic E-state index is 6.17. The SMILES string of the molecule is CC(C)N(CC#C[C@@]1(C)CCCC(C)(C)O1)C(C)C. The Morgan fingerprint density at radius 2 is 1.63 bits per heavy atom. The molecule has 1 aliphatic heterocycles. The van der Waals surface area contributed by atoms with E-state index in [0.717, 1.165) is 19.4 Å². The van der Waals surface area contributed by atoms with Crippen LogP contribution in [0, 0.1) is 11.8 Å². The Kier molecular flexibility index (Phi) is 5.47. The van der Waals surface area contributed by atoms with E-state index >= 15 is 0 Å². The Hall–Kier alpha value is -0.520. The van der Waals surface area contributed by atoms with Gasteiger partial charge in [-0.25, -0.2) is 0 Å². The fourth-order valence-electron chi connectivity index (χ4n) is 2.93. The number of hydrogen-bond donors (Lipinski definition) is 0. The van der Waals surface area contributed by atoms with Gasteiger partial charge in [-0.2, -0.15) is 0 Å². The highest BCUT2D eigenvalue weighted by Gasteiger charge is 2.35. The zero-order valence-electron chi connectivity index (χ0n) is 13.8. The minimum Gasteiger partial charge on any atom is -0.357 e. The normalized spacial score (nSPS) is 26.6. The molecule has 2 heteroatoms. The molecule has 0 saturated carbocycles. The third kappa shape index (κ3) is 5.16. The van der Waals surface area contributed by atoms with Crippen molar-refractivity contribution in [3.05, 3.63) is 0 Å². The van der Waals surface area contributed by atoms with Crippen LogP contribution in [0.1, 0.15) is 67.7 Å². The standard InChI is InChI=1S/C17H31NO/c1-14(2)18(15(3)4)13-9-12-17(7)11-8-10-16(5,6)19-17/h14-15H,8,10-11,13H2,1-7H3/t17-/m1/s1. The molecule has 19 heavy (non-hydrogen) atoms. The summed E-state index contributed by atoms with van der Waals surface area (Å²) in [5.41, 5.74) is -0.293. The van der Waals surface area contributed by atoms with E-state index in [1.165, 1.54) is 6.42 Å². The molecular weight excluding hydrogens is 234 g/mol. The van der Waals surface area contributed by atoms with Gasteiger partial charge in [-0.15, -0.1) is 0 Å². The predicted molar refractivity (Wildman–Crippen MR) is 82.2 cm³/mol. The van der Waals surface area contributed by atoms with Gasteiger partial charge in [0.15, 0.2) is 0 Å². The van der Waals surface area contributed by atoms with E-state index in [4.69, 9.17) is 4.74 Å². The van der Waals surface area contributed by atoms with Crippen LogP contribution < -0.4 is 0 Å². The Labute approximate surface area is 119 Å². The van der Waals surface area contributed by atoms with Gasteiger partial charge >= 0.3 is 0 Å². The molecule has 0 bridgehead atoms. The van der Waals surface area contributed by atoms with E-state index in [2.05, 4.69) is 65.2 Å². The van der Waals surface area contributed by atoms with Gasteiger partial charge in [0.2, 0.25) is 0 Å². The number of nitrogens with zero attached hydrogens (tertiary/aromatic N) is 1. The quantitative estimate of drug-likeness (QED) is 0.719. The maximum Gasteiger partial charge on any atom is 0.126 e. The summed E-state index contributed by atoms with van der Waals surface area (Å²) in [7, 11) is 0. The highest BCUT2D eigenvalue weighted by atomic mass is 16.5. The first kappa shape index (κ1) is 16.5. The predicted octanol–water partition coefficient (Wildman–Crippen LogP) is 3.85. The van der Waals surface area contributed by atoms with Crippen molar-refractivity contribution < 1.29 is 4.74 Å². The molecule has 1 atom stereocenters. The van der Waals surface area contributed by atoms with Crippen molar-refractivity contribution in [3.63, 3.8) is 0 Å². The topological polar surface area (TPSA) is 12.5 Å². The lowest BCUT2D eigenvalue weighted by molar-refractivity contribution is -0.135. The molecule has 2 nitrogen and oxygen atoms in total. The zero-order chi connectivity index (χ0) is 14.7. The first-order chi connectivity index (χ1) is 8.65. The van der Waals surface area contributed by atoms with Crippen molar-refractivity contribution >= 4 is 0 Å². The summed E-state index contributed by atoms with van der Waals surface area (Å²) in [6.07, 6.45) is 3.39. The molecule has 0 spiro atoms. The molecule has 1 aliphatic rings. The minimum absolute atomic E-state index is 0.0303. The van der Waals surface area contributed by atoms with Gasteiger partial charge in [0.1, 0.15) is 5.60 Å². The molecule has 0 aliphatic carbocycles. The second-order valence-corrected chi connectivity index (χ2v) is 7.11. The van der Waals surface area contributed by atoms with Gasteiger partial charge in [0.05, 0.1) is 12.1 Å². The first-order valence-corrected chi connectivity index (χ1v) is 7.61. The van der Waals surface area contributed by atoms with Crippen molar-refractivity contribution in [1.82, 2.24) is 4.90 Å². The summed E-state index contributed by atoms with van der Waals surface area (Å²) in [5.74, 6) is 6.73. The Balaban J connectivity index is 2.66. The van der Waals surface area contributed by atoms with Gasteiger partial charge < -0.3 is 4.74 Å². The molecule has 0 aromatic rings. The van der Waals surface area contributed by atoms with Crippen LogP contribution in [0.2, 0.25) is 0 Å². The van der Waals surface area contributed by atoms with E-state index in [-0.39, 0.29) is 11.2 Å². The molecule has 1 saturated heterocycles. The number of rotatable bonds is 3. The second-order valence-electron chi connectivity index (χ2n) is 7.11. The van der Waals surface area contributed by atoms with E-state index in [1.54, 1.807) is 0 Å². The van der Waals surface area contributed by atoms with Crippen molar-refractivity contribution in [3.8, 4) is 11.8 Å². The minimum atomic E-state index is -0.263. The van der Waals surface area contributed by atoms with Crippen LogP contribution in [-0.4, -0.2) is 34.7 Å². The van der Waals surface area contributed by atoms with Crippen molar-refractivity contribution in [2.45, 2.75) is 91.0 Å². The van der Waals surface area contributed by atoms with E-state index in [0.29, 0.717) is 12.1 Å². The molecule has 0 N–H and O–H groups in total. The monoisotopic (exact) mass is 265 g/mol. The summed E-state index contributed by atoms with van der Waals surface area (Å²) in [6, 6.07) is 1.07. The van der Waals surface area contributed by atoms with Crippen LogP contribution in [0.15, 0.2) is 0 Å². The molecular formula is C17H31NO. The lowest BCUT2D eigenvalue weighted by atomic mass is 9.88. The van der Waals surface area contributed by atoms with Crippen LogP contribution >= 0.6 is 0 Å². The summed E-state index contributed by atoms with van der Waals surface area (Å²) >= 11 is 0. The number of hydrogen-bond acceptors (Lipinski definition) is 2. The molecule has 1 heterocycles. The van der Waals surface area contributed by atoms with Crippen LogP contribution in [-0.2, 0) is 4.74 Å². The largest absolute Gasteiger partial charge is 0.357 e. The van der Waals surface area contributed by atoms with Gasteiger partial charge in [0.25, 0.3) is 0 Å². The Morgan fingerprint density at radius 3 is 2.11 bits per heavy atom. The van der Waals surface area contributed by atoms with Crippen molar-refractivity contribution in [2.75, 3.05) is 6.54 Å². The molecule has 1 rings (SSSR count). The lowest BCUT2D eigenvalue weighted by Gasteiger charge is -2.40. The third-order valence-corrected chi connectivity index (χ3v) is 3.88. The zero-order valence-corrected chi connectivity index (χ0v) is 13.8. The third-order valence-electron chi connectivity index (χ3n) is 3.88. The highest BCUT2D eigenvalue weighted by Crippen LogP contribution is 2.34. The van der Waals surface area contributed by atoms with Crippen molar-refractivity contribution in [1.29, 1.82) is 0 Å². The molecule has 0 aromatic heterocycles. The van der Waals surface area contributed by atoms with Crippen LogP contribution in [0.5, 0.6) is 0 Å². The Morgan fingerprint density at radius 1 is 1.05 bits per heavy atom. The highest BCUT2D eigenvalue weighted by molar-refractivity contribution is 5.16. The molecule has 0 amide bonds. The van der Waals surface area contributed by atoms with Gasteiger partial charge in [-0.1, -0.05) is 11.8 Å². The summed E-state index contributed by atoms with van der Waals surface area (Å²) in [4.78, 5) is 2.41. The van der Waals surface area contributed by atoms with Gasteiger partial charge in [-0.05, 0) is 67.7 Å². The molecule has 1 fully saturated rings. The maximum absolute atomic E-state index is 6.17. The molecule has 0 unspecified atom stereocenters. The average Bonchev–Trinajstić information content (AvgIpc) is 2.21.